The number of nitrogens with zero attached hydrogens (tertiary/aromatic N) is 3. The highest BCUT2D eigenvalue weighted by Crippen LogP contribution is 2.23. The van der Waals surface area contributed by atoms with Crippen molar-refractivity contribution in [1.29, 1.82) is 0 Å². The first-order valence-electron chi connectivity index (χ1n) is 9.62. The van der Waals surface area contributed by atoms with Crippen molar-refractivity contribution >= 4 is 33.9 Å². The zero-order valence-corrected chi connectivity index (χ0v) is 16.4. The maximum atomic E-state index is 14.3. The van der Waals surface area contributed by atoms with Crippen LogP contribution in [0.25, 0.3) is 22.1 Å². The van der Waals surface area contributed by atoms with Gasteiger partial charge in [0.2, 0.25) is 5.91 Å². The maximum absolute atomic E-state index is 14.3. The van der Waals surface area contributed by atoms with Gasteiger partial charge >= 0.3 is 0 Å². The van der Waals surface area contributed by atoms with Crippen molar-refractivity contribution < 1.29 is 14.0 Å². The van der Waals surface area contributed by atoms with E-state index in [2.05, 4.69) is 25.3 Å². The predicted molar refractivity (Wildman–Crippen MR) is 110 cm³/mol. The summed E-state index contributed by atoms with van der Waals surface area (Å²) >= 11 is 0. The lowest BCUT2D eigenvalue weighted by Crippen LogP contribution is -2.40. The molecular weight excluding hydrogens is 387 g/mol. The Bertz CT molecular complexity index is 1180. The van der Waals surface area contributed by atoms with Gasteiger partial charge in [0, 0.05) is 43.3 Å². The van der Waals surface area contributed by atoms with E-state index in [-0.39, 0.29) is 23.4 Å². The minimum absolute atomic E-state index is 0.113. The van der Waals surface area contributed by atoms with Crippen molar-refractivity contribution in [3.05, 3.63) is 59.9 Å². The van der Waals surface area contributed by atoms with Gasteiger partial charge in [-0.1, -0.05) is 6.07 Å². The van der Waals surface area contributed by atoms with E-state index in [1.165, 1.54) is 24.2 Å². The molecule has 9 heteroatoms. The summed E-state index contributed by atoms with van der Waals surface area (Å²) in [6, 6.07) is 8.31. The lowest BCUT2D eigenvalue weighted by molar-refractivity contribution is -0.121. The number of rotatable bonds is 7. The van der Waals surface area contributed by atoms with Gasteiger partial charge in [-0.15, -0.1) is 0 Å². The van der Waals surface area contributed by atoms with Crippen molar-refractivity contribution in [2.75, 3.05) is 20.1 Å². The van der Waals surface area contributed by atoms with Crippen LogP contribution in [0.1, 0.15) is 22.6 Å². The molecule has 3 N–H and O–H groups in total. The molecule has 0 radical (unpaired) electrons. The molecule has 0 aliphatic heterocycles. The van der Waals surface area contributed by atoms with Gasteiger partial charge in [0.1, 0.15) is 11.6 Å². The van der Waals surface area contributed by atoms with E-state index in [9.17, 15) is 14.0 Å². The third-order valence-corrected chi connectivity index (χ3v) is 4.93. The number of carbonyl (C=O) groups excluding carboxylic acids is 2. The number of hydrogen-bond donors (Lipinski definition) is 3. The zero-order valence-electron chi connectivity index (χ0n) is 16.4. The summed E-state index contributed by atoms with van der Waals surface area (Å²) < 4.78 is 14.3. The quantitative estimate of drug-likeness (QED) is 0.436. The SMILES string of the molecule is CNC(=O)CN(CCCc1nc2ncccc2[nH]1)C(=O)c1c[nH]c2cccc(F)c12. The summed E-state index contributed by atoms with van der Waals surface area (Å²) in [4.78, 5) is 41.3. The van der Waals surface area contributed by atoms with Crippen molar-refractivity contribution in [3.63, 3.8) is 0 Å². The molecule has 4 rings (SSSR count). The highest BCUT2D eigenvalue weighted by molar-refractivity contribution is 6.07. The number of fused-ring (bicyclic) bond motifs is 2. The molecule has 0 bridgehead atoms. The molecule has 154 valence electrons. The van der Waals surface area contributed by atoms with E-state index in [4.69, 9.17) is 0 Å². The maximum Gasteiger partial charge on any atom is 0.256 e. The summed E-state index contributed by atoms with van der Waals surface area (Å²) in [6.07, 6.45) is 4.32. The van der Waals surface area contributed by atoms with E-state index >= 15 is 0 Å². The molecule has 1 aromatic carbocycles. The first-order valence-corrected chi connectivity index (χ1v) is 9.62. The number of imidazole rings is 1. The second-order valence-corrected chi connectivity index (χ2v) is 6.93. The van der Waals surface area contributed by atoms with Gasteiger partial charge in [-0.05, 0) is 30.7 Å². The first-order chi connectivity index (χ1) is 14.6. The lowest BCUT2D eigenvalue weighted by atomic mass is 10.1. The fourth-order valence-electron chi connectivity index (χ4n) is 3.43. The second kappa shape index (κ2) is 8.32. The Labute approximate surface area is 171 Å². The molecule has 0 saturated carbocycles. The minimum atomic E-state index is -0.480. The van der Waals surface area contributed by atoms with Crippen molar-refractivity contribution in [1.82, 2.24) is 30.2 Å². The number of hydrogen-bond acceptors (Lipinski definition) is 4. The van der Waals surface area contributed by atoms with Gasteiger partial charge < -0.3 is 20.2 Å². The van der Waals surface area contributed by atoms with Crippen LogP contribution in [0.3, 0.4) is 0 Å². The average Bonchev–Trinajstić information content (AvgIpc) is 3.37. The molecule has 0 spiro atoms. The third-order valence-electron chi connectivity index (χ3n) is 4.93. The molecule has 3 aromatic heterocycles. The number of benzene rings is 1. The molecule has 0 unspecified atom stereocenters. The molecule has 0 atom stereocenters. The number of H-pyrrole nitrogens is 2. The van der Waals surface area contributed by atoms with E-state index in [1.54, 1.807) is 18.3 Å². The number of amides is 2. The standard InChI is InChI=1S/C21H21FN6O2/c1-23-18(29)12-28(10-4-8-17-26-16-7-3-9-24-20(16)27-17)21(30)13-11-25-15-6-2-5-14(22)19(13)15/h2-3,5-7,9,11,25H,4,8,10,12H2,1H3,(H,23,29)(H,24,26,27). The minimum Gasteiger partial charge on any atom is -0.360 e. The molecule has 0 fully saturated rings. The summed E-state index contributed by atoms with van der Waals surface area (Å²) in [7, 11) is 1.51. The fraction of sp³-hybridized carbons (Fsp3) is 0.238. The molecule has 8 nitrogen and oxygen atoms in total. The van der Waals surface area contributed by atoms with E-state index < -0.39 is 11.7 Å². The monoisotopic (exact) mass is 408 g/mol. The van der Waals surface area contributed by atoms with E-state index in [0.29, 0.717) is 30.6 Å². The van der Waals surface area contributed by atoms with Gasteiger partial charge in [0.25, 0.3) is 5.91 Å². The van der Waals surface area contributed by atoms with Crippen LogP contribution in [0.15, 0.2) is 42.7 Å². The Hall–Kier alpha value is -3.75. The smallest absolute Gasteiger partial charge is 0.256 e. The highest BCUT2D eigenvalue weighted by atomic mass is 19.1. The van der Waals surface area contributed by atoms with Crippen molar-refractivity contribution in [2.24, 2.45) is 0 Å². The molecule has 2 amide bonds. The Kier molecular flexibility index (Phi) is 5.42. The number of likely N-dealkylation sites (N-methyl/N-ethyl adjacent to an activating group) is 1. The Morgan fingerprint density at radius 3 is 2.83 bits per heavy atom. The first kappa shape index (κ1) is 19.6. The number of carbonyl (C=O) groups is 2. The number of aromatic nitrogens is 4. The van der Waals surface area contributed by atoms with Crippen molar-refractivity contribution in [3.8, 4) is 0 Å². The van der Waals surface area contributed by atoms with Crippen LogP contribution in [-0.2, 0) is 11.2 Å². The van der Waals surface area contributed by atoms with Gasteiger partial charge in [0.15, 0.2) is 5.65 Å². The average molecular weight is 408 g/mol. The summed E-state index contributed by atoms with van der Waals surface area (Å²) in [5.74, 6) is -0.418. The Morgan fingerprint density at radius 1 is 1.20 bits per heavy atom. The molecule has 0 aliphatic rings. The molecule has 0 saturated heterocycles. The molecule has 30 heavy (non-hydrogen) atoms. The highest BCUT2D eigenvalue weighted by Gasteiger charge is 2.22. The van der Waals surface area contributed by atoms with Gasteiger partial charge in [-0.3, -0.25) is 9.59 Å². The van der Waals surface area contributed by atoms with Gasteiger partial charge in [-0.25, -0.2) is 14.4 Å². The van der Waals surface area contributed by atoms with Crippen LogP contribution in [-0.4, -0.2) is 56.8 Å². The predicted octanol–water partition coefficient (Wildman–Crippen LogP) is 2.40. The molecular formula is C21H21FN6O2. The van der Waals surface area contributed by atoms with Crippen LogP contribution in [0, 0.1) is 5.82 Å². The van der Waals surface area contributed by atoms with Gasteiger partial charge in [0.05, 0.1) is 17.6 Å². The van der Waals surface area contributed by atoms with E-state index in [1.807, 2.05) is 12.1 Å². The van der Waals surface area contributed by atoms with Crippen LogP contribution in [0.2, 0.25) is 0 Å². The second-order valence-electron chi connectivity index (χ2n) is 6.93. The number of pyridine rings is 1. The van der Waals surface area contributed by atoms with Crippen molar-refractivity contribution in [2.45, 2.75) is 12.8 Å². The number of nitrogens with one attached hydrogen (secondary N) is 3. The third kappa shape index (κ3) is 3.86. The molecule has 4 aromatic rings. The van der Waals surface area contributed by atoms with E-state index in [0.717, 1.165) is 11.3 Å². The van der Waals surface area contributed by atoms with Crippen LogP contribution in [0.4, 0.5) is 4.39 Å². The summed E-state index contributed by atoms with van der Waals surface area (Å²) in [5, 5.41) is 2.76. The molecule has 3 heterocycles. The topological polar surface area (TPSA) is 107 Å². The Morgan fingerprint density at radius 2 is 2.03 bits per heavy atom. The van der Waals surface area contributed by atoms with Crippen LogP contribution in [0.5, 0.6) is 0 Å². The van der Waals surface area contributed by atoms with Crippen LogP contribution >= 0.6 is 0 Å². The summed E-state index contributed by atoms with van der Waals surface area (Å²) in [5.41, 5.74) is 2.23. The lowest BCUT2D eigenvalue weighted by Gasteiger charge is -2.21. The van der Waals surface area contributed by atoms with Gasteiger partial charge in [-0.2, -0.15) is 0 Å². The number of halogens is 1. The largest absolute Gasteiger partial charge is 0.360 e. The fourth-order valence-corrected chi connectivity index (χ4v) is 3.43. The zero-order chi connectivity index (χ0) is 21.1. The number of aryl methyl sites for hydroxylation is 1. The number of aromatic amines is 2. The molecule has 0 aliphatic carbocycles. The summed E-state index contributed by atoms with van der Waals surface area (Å²) in [6.45, 7) is 0.204. The van der Waals surface area contributed by atoms with Crippen LogP contribution < -0.4 is 5.32 Å². The Balaban J connectivity index is 1.51. The normalized spacial score (nSPS) is 11.1.